The molecule has 7 nitrogen and oxygen atoms in total. The first-order valence-electron chi connectivity index (χ1n) is 9.09. The zero-order valence-electron chi connectivity index (χ0n) is 15.8. The second-order valence-electron chi connectivity index (χ2n) is 7.11. The van der Waals surface area contributed by atoms with Gasteiger partial charge in [-0.05, 0) is 36.2 Å². The number of nitrogens with two attached hydrogens (primary N) is 1. The van der Waals surface area contributed by atoms with Gasteiger partial charge in [0.1, 0.15) is 0 Å². The van der Waals surface area contributed by atoms with Crippen molar-refractivity contribution in [2.24, 2.45) is 11.1 Å². The highest BCUT2D eigenvalue weighted by Crippen LogP contribution is 2.24. The summed E-state index contributed by atoms with van der Waals surface area (Å²) in [7, 11) is -3.76. The Kier molecular flexibility index (Phi) is 6.26. The predicted molar refractivity (Wildman–Crippen MR) is 109 cm³/mol. The first-order chi connectivity index (χ1) is 13.6. The van der Waals surface area contributed by atoms with Crippen LogP contribution < -0.4 is 10.5 Å². The van der Waals surface area contributed by atoms with Crippen LogP contribution in [0.5, 0.6) is 0 Å². The van der Waals surface area contributed by atoms with E-state index in [4.69, 9.17) is 16.7 Å². The summed E-state index contributed by atoms with van der Waals surface area (Å²) in [5.74, 6) is -0.755. The van der Waals surface area contributed by atoms with E-state index in [1.54, 1.807) is 30.0 Å². The fourth-order valence-corrected chi connectivity index (χ4v) is 4.00. The van der Waals surface area contributed by atoms with Crippen LogP contribution in [0.15, 0.2) is 53.4 Å². The molecule has 3 N–H and O–H groups in total. The van der Waals surface area contributed by atoms with Crippen molar-refractivity contribution in [1.82, 2.24) is 10.2 Å². The summed E-state index contributed by atoms with van der Waals surface area (Å²) in [5, 5.41) is 8.57. The van der Waals surface area contributed by atoms with Gasteiger partial charge in [-0.1, -0.05) is 41.9 Å². The van der Waals surface area contributed by atoms with E-state index in [-0.39, 0.29) is 29.2 Å². The fourth-order valence-electron chi connectivity index (χ4n) is 3.29. The molecule has 0 radical (unpaired) electrons. The van der Waals surface area contributed by atoms with Crippen LogP contribution in [0.25, 0.3) is 0 Å². The third-order valence-corrected chi connectivity index (χ3v) is 6.27. The van der Waals surface area contributed by atoms with Gasteiger partial charge in [-0.3, -0.25) is 9.59 Å². The van der Waals surface area contributed by atoms with Crippen LogP contribution in [0.3, 0.4) is 0 Å². The summed E-state index contributed by atoms with van der Waals surface area (Å²) in [4.78, 5) is 26.6. The second-order valence-corrected chi connectivity index (χ2v) is 9.08. The molecule has 2 aromatic carbocycles. The number of carbonyl (C=O) groups is 2. The minimum absolute atomic E-state index is 0.0105. The van der Waals surface area contributed by atoms with E-state index >= 15 is 0 Å². The van der Waals surface area contributed by atoms with E-state index < -0.39 is 15.9 Å². The highest BCUT2D eigenvalue weighted by atomic mass is 35.5. The van der Waals surface area contributed by atoms with Gasteiger partial charge >= 0.3 is 0 Å². The molecule has 9 heteroatoms. The Bertz CT molecular complexity index is 1020. The number of likely N-dealkylation sites (tertiary alicyclic amines) is 1. The van der Waals surface area contributed by atoms with E-state index in [1.165, 1.54) is 12.1 Å². The van der Waals surface area contributed by atoms with Crippen molar-refractivity contribution in [2.75, 3.05) is 6.54 Å². The quantitative estimate of drug-likeness (QED) is 0.724. The molecule has 1 heterocycles. The third-order valence-electron chi connectivity index (χ3n) is 4.97. The highest BCUT2D eigenvalue weighted by Gasteiger charge is 2.35. The third kappa shape index (κ3) is 5.14. The van der Waals surface area contributed by atoms with E-state index in [0.717, 1.165) is 11.1 Å². The first kappa shape index (κ1) is 21.3. The molecular weight excluding hydrogens is 414 g/mol. The van der Waals surface area contributed by atoms with Crippen LogP contribution in [0, 0.1) is 5.92 Å². The Morgan fingerprint density at radius 1 is 1.24 bits per heavy atom. The van der Waals surface area contributed by atoms with E-state index in [2.05, 4.69) is 5.32 Å². The number of benzene rings is 2. The van der Waals surface area contributed by atoms with Crippen molar-refractivity contribution < 1.29 is 18.0 Å². The molecule has 2 aromatic rings. The zero-order valence-corrected chi connectivity index (χ0v) is 17.4. The Morgan fingerprint density at radius 3 is 2.52 bits per heavy atom. The van der Waals surface area contributed by atoms with Crippen LogP contribution in [-0.4, -0.2) is 31.7 Å². The maximum absolute atomic E-state index is 12.6. The topological polar surface area (TPSA) is 110 Å². The fraction of sp³-hybridized carbons (Fsp3) is 0.300. The van der Waals surface area contributed by atoms with Crippen molar-refractivity contribution >= 4 is 33.4 Å². The average molecular weight is 436 g/mol. The van der Waals surface area contributed by atoms with Gasteiger partial charge in [0.25, 0.3) is 0 Å². The maximum Gasteiger partial charge on any atom is 0.238 e. The number of sulfonamides is 1. The molecular formula is C20H22ClN3O4S. The molecule has 1 aliphatic heterocycles. The van der Waals surface area contributed by atoms with Crippen LogP contribution in [-0.2, 0) is 26.2 Å². The molecule has 154 valence electrons. The van der Waals surface area contributed by atoms with Crippen molar-refractivity contribution in [2.45, 2.75) is 30.8 Å². The lowest BCUT2D eigenvalue weighted by atomic mass is 10.1. The largest absolute Gasteiger partial charge is 0.349 e. The number of amides is 2. The van der Waals surface area contributed by atoms with Gasteiger partial charge in [0.15, 0.2) is 0 Å². The van der Waals surface area contributed by atoms with Crippen molar-refractivity contribution in [3.05, 3.63) is 64.7 Å². The molecule has 2 atom stereocenters. The Hall–Kier alpha value is -2.42. The monoisotopic (exact) mass is 435 g/mol. The van der Waals surface area contributed by atoms with Gasteiger partial charge < -0.3 is 10.2 Å². The summed E-state index contributed by atoms with van der Waals surface area (Å²) in [6, 6.07) is 13.0. The Labute approximate surface area is 174 Å². The SMILES string of the molecule is C[C@H](NC(=O)[C@@H]1CC(=O)N(Cc2ccccc2Cl)C1)c1ccc(S(N)(=O)=O)cc1. The lowest BCUT2D eigenvalue weighted by Crippen LogP contribution is -2.34. The Morgan fingerprint density at radius 2 is 1.90 bits per heavy atom. The summed E-state index contributed by atoms with van der Waals surface area (Å²) in [6.45, 7) is 2.49. The van der Waals surface area contributed by atoms with Gasteiger partial charge in [0.05, 0.1) is 16.9 Å². The summed E-state index contributed by atoms with van der Waals surface area (Å²) >= 11 is 6.16. The van der Waals surface area contributed by atoms with Crippen LogP contribution in [0.1, 0.15) is 30.5 Å². The van der Waals surface area contributed by atoms with Crippen LogP contribution in [0.2, 0.25) is 5.02 Å². The van der Waals surface area contributed by atoms with Crippen molar-refractivity contribution in [3.8, 4) is 0 Å². The van der Waals surface area contributed by atoms with E-state index in [1.807, 2.05) is 18.2 Å². The number of hydrogen-bond donors (Lipinski definition) is 2. The number of nitrogens with zero attached hydrogens (tertiary/aromatic N) is 1. The van der Waals surface area contributed by atoms with E-state index in [9.17, 15) is 18.0 Å². The smallest absolute Gasteiger partial charge is 0.238 e. The number of carbonyl (C=O) groups excluding carboxylic acids is 2. The molecule has 1 aliphatic rings. The number of halogens is 1. The Balaban J connectivity index is 1.61. The molecule has 0 aliphatic carbocycles. The molecule has 0 saturated carbocycles. The van der Waals surface area contributed by atoms with Gasteiger partial charge in [-0.15, -0.1) is 0 Å². The molecule has 1 fully saturated rings. The lowest BCUT2D eigenvalue weighted by Gasteiger charge is -2.19. The van der Waals surface area contributed by atoms with E-state index in [0.29, 0.717) is 18.1 Å². The molecule has 0 bridgehead atoms. The molecule has 29 heavy (non-hydrogen) atoms. The number of rotatable bonds is 6. The van der Waals surface area contributed by atoms with Crippen LogP contribution in [0.4, 0.5) is 0 Å². The highest BCUT2D eigenvalue weighted by molar-refractivity contribution is 7.89. The van der Waals surface area contributed by atoms with Gasteiger partial charge in [-0.2, -0.15) is 0 Å². The minimum atomic E-state index is -3.76. The number of primary sulfonamides is 1. The molecule has 3 rings (SSSR count). The molecule has 0 aromatic heterocycles. The first-order valence-corrected chi connectivity index (χ1v) is 11.0. The normalized spacial score (nSPS) is 18.0. The summed E-state index contributed by atoms with van der Waals surface area (Å²) in [5.41, 5.74) is 1.58. The number of nitrogens with one attached hydrogen (secondary N) is 1. The van der Waals surface area contributed by atoms with Gasteiger partial charge in [0.2, 0.25) is 21.8 Å². The standard InChI is InChI=1S/C20H22ClN3O4S/c1-13(14-6-8-17(9-7-14)29(22,27)28)23-20(26)16-10-19(25)24(12-16)11-15-4-2-3-5-18(15)21/h2-9,13,16H,10-12H2,1H3,(H,23,26)(H2,22,27,28)/t13-,16+/m0/s1. The van der Waals surface area contributed by atoms with Crippen molar-refractivity contribution in [1.29, 1.82) is 0 Å². The summed E-state index contributed by atoms with van der Waals surface area (Å²) < 4.78 is 22.7. The summed E-state index contributed by atoms with van der Waals surface area (Å²) in [6.07, 6.45) is 0.146. The molecule has 0 spiro atoms. The van der Waals surface area contributed by atoms with Gasteiger partial charge in [0, 0.05) is 24.5 Å². The molecule has 2 amide bonds. The molecule has 0 unspecified atom stereocenters. The lowest BCUT2D eigenvalue weighted by molar-refractivity contribution is -0.129. The average Bonchev–Trinajstić information content (AvgIpc) is 3.03. The van der Waals surface area contributed by atoms with Crippen molar-refractivity contribution in [3.63, 3.8) is 0 Å². The zero-order chi connectivity index (χ0) is 21.2. The predicted octanol–water partition coefficient (Wildman–Crippen LogP) is 2.21. The second kappa shape index (κ2) is 8.52. The minimum Gasteiger partial charge on any atom is -0.349 e. The number of hydrogen-bond acceptors (Lipinski definition) is 4. The maximum atomic E-state index is 12.6. The molecule has 1 saturated heterocycles. The van der Waals surface area contributed by atoms with Gasteiger partial charge in [-0.25, -0.2) is 13.6 Å². The van der Waals surface area contributed by atoms with Crippen LogP contribution >= 0.6 is 11.6 Å².